The third-order valence-electron chi connectivity index (χ3n) is 2.55. The molecule has 0 saturated heterocycles. The van der Waals surface area contributed by atoms with E-state index in [9.17, 15) is 9.18 Å². The van der Waals surface area contributed by atoms with Crippen molar-refractivity contribution < 1.29 is 9.18 Å². The summed E-state index contributed by atoms with van der Waals surface area (Å²) in [6.07, 6.45) is 1.00. The lowest BCUT2D eigenvalue weighted by molar-refractivity contribution is 0.0946. The van der Waals surface area contributed by atoms with Gasteiger partial charge in [-0.25, -0.2) is 4.39 Å². The molecule has 0 aliphatic rings. The Labute approximate surface area is 102 Å². The Morgan fingerprint density at radius 2 is 2.00 bits per heavy atom. The first-order valence-electron chi connectivity index (χ1n) is 5.75. The van der Waals surface area contributed by atoms with E-state index >= 15 is 0 Å². The van der Waals surface area contributed by atoms with E-state index in [0.29, 0.717) is 12.1 Å². The third kappa shape index (κ3) is 5.06. The highest BCUT2D eigenvalue weighted by Gasteiger charge is 2.08. The molecule has 1 rings (SSSR count). The Kier molecular flexibility index (Phi) is 5.80. The Morgan fingerprint density at radius 1 is 1.35 bits per heavy atom. The summed E-state index contributed by atoms with van der Waals surface area (Å²) in [5.41, 5.74) is 0.562. The van der Waals surface area contributed by atoms with Crippen LogP contribution in [0.1, 0.15) is 16.8 Å². The van der Waals surface area contributed by atoms with Gasteiger partial charge in [-0.3, -0.25) is 9.69 Å². The number of ketones is 1. The van der Waals surface area contributed by atoms with E-state index in [-0.39, 0.29) is 11.6 Å². The van der Waals surface area contributed by atoms with Crippen LogP contribution >= 0.6 is 0 Å². The lowest BCUT2D eigenvalue weighted by atomic mass is 10.1. The van der Waals surface area contributed by atoms with E-state index in [4.69, 9.17) is 0 Å². The van der Waals surface area contributed by atoms with Crippen LogP contribution in [-0.2, 0) is 0 Å². The van der Waals surface area contributed by atoms with Gasteiger partial charge in [-0.05, 0) is 57.9 Å². The SMILES string of the molecule is CNCCCN(C)CC(=O)c1ccc(F)cc1. The number of rotatable bonds is 7. The molecule has 1 N–H and O–H groups in total. The molecule has 0 amide bonds. The molecule has 0 bridgehead atoms. The molecular formula is C13H19FN2O. The van der Waals surface area contributed by atoms with E-state index in [1.54, 1.807) is 0 Å². The van der Waals surface area contributed by atoms with Gasteiger partial charge in [0.1, 0.15) is 5.82 Å². The molecular weight excluding hydrogens is 219 g/mol. The molecule has 94 valence electrons. The summed E-state index contributed by atoms with van der Waals surface area (Å²) >= 11 is 0. The molecule has 0 aromatic heterocycles. The fourth-order valence-corrected chi connectivity index (χ4v) is 1.58. The van der Waals surface area contributed by atoms with Gasteiger partial charge in [-0.2, -0.15) is 0 Å². The first kappa shape index (κ1) is 13.8. The number of hydrogen-bond acceptors (Lipinski definition) is 3. The van der Waals surface area contributed by atoms with Crippen molar-refractivity contribution in [3.8, 4) is 0 Å². The quantitative estimate of drug-likeness (QED) is 0.578. The molecule has 0 aliphatic carbocycles. The molecule has 0 heterocycles. The zero-order chi connectivity index (χ0) is 12.7. The van der Waals surface area contributed by atoms with Crippen LogP contribution in [0, 0.1) is 5.82 Å². The maximum Gasteiger partial charge on any atom is 0.176 e. The molecule has 17 heavy (non-hydrogen) atoms. The van der Waals surface area contributed by atoms with Gasteiger partial charge >= 0.3 is 0 Å². The topological polar surface area (TPSA) is 32.3 Å². The van der Waals surface area contributed by atoms with Gasteiger partial charge in [0.15, 0.2) is 5.78 Å². The molecule has 0 aliphatic heterocycles. The molecule has 0 unspecified atom stereocenters. The van der Waals surface area contributed by atoms with Gasteiger partial charge in [0, 0.05) is 5.56 Å². The zero-order valence-corrected chi connectivity index (χ0v) is 10.4. The molecule has 3 nitrogen and oxygen atoms in total. The van der Waals surface area contributed by atoms with E-state index in [2.05, 4.69) is 5.32 Å². The average Bonchev–Trinajstić information content (AvgIpc) is 2.30. The van der Waals surface area contributed by atoms with Crippen molar-refractivity contribution in [2.75, 3.05) is 33.7 Å². The van der Waals surface area contributed by atoms with Crippen molar-refractivity contribution in [2.24, 2.45) is 0 Å². The Bertz CT molecular complexity index is 351. The number of Topliss-reactive ketones (excluding diaryl/α,β-unsaturated/α-hetero) is 1. The number of nitrogens with zero attached hydrogens (tertiary/aromatic N) is 1. The second kappa shape index (κ2) is 7.14. The molecule has 0 radical (unpaired) electrons. The maximum atomic E-state index is 12.7. The summed E-state index contributed by atoms with van der Waals surface area (Å²) in [5.74, 6) is -0.291. The zero-order valence-electron chi connectivity index (χ0n) is 10.4. The first-order valence-corrected chi connectivity index (χ1v) is 5.75. The standard InChI is InChI=1S/C13H19FN2O/c1-15-8-3-9-16(2)10-13(17)11-4-6-12(14)7-5-11/h4-7,15H,3,8-10H2,1-2H3. The van der Waals surface area contributed by atoms with E-state index in [1.807, 2.05) is 19.0 Å². The monoisotopic (exact) mass is 238 g/mol. The first-order chi connectivity index (χ1) is 8.13. The van der Waals surface area contributed by atoms with Gasteiger partial charge in [0.2, 0.25) is 0 Å². The molecule has 4 heteroatoms. The van der Waals surface area contributed by atoms with Crippen LogP contribution in [0.3, 0.4) is 0 Å². The minimum Gasteiger partial charge on any atom is -0.320 e. The highest BCUT2D eigenvalue weighted by atomic mass is 19.1. The molecule has 1 aromatic rings. The number of carbonyl (C=O) groups is 1. The van der Waals surface area contributed by atoms with Crippen molar-refractivity contribution in [1.29, 1.82) is 0 Å². The Hall–Kier alpha value is -1.26. The highest BCUT2D eigenvalue weighted by molar-refractivity contribution is 5.97. The summed E-state index contributed by atoms with van der Waals surface area (Å²) in [4.78, 5) is 13.8. The Balaban J connectivity index is 2.40. The number of halogens is 1. The van der Waals surface area contributed by atoms with E-state index in [1.165, 1.54) is 24.3 Å². The van der Waals surface area contributed by atoms with E-state index in [0.717, 1.165) is 19.5 Å². The van der Waals surface area contributed by atoms with Crippen molar-refractivity contribution >= 4 is 5.78 Å². The predicted octanol–water partition coefficient (Wildman–Crippen LogP) is 1.55. The largest absolute Gasteiger partial charge is 0.320 e. The summed E-state index contributed by atoms with van der Waals surface area (Å²) in [5, 5.41) is 3.06. The van der Waals surface area contributed by atoms with Crippen LogP contribution in [0.4, 0.5) is 4.39 Å². The summed E-state index contributed by atoms with van der Waals surface area (Å²) in [6.45, 7) is 2.18. The van der Waals surface area contributed by atoms with Gasteiger partial charge in [0.05, 0.1) is 6.54 Å². The summed E-state index contributed by atoms with van der Waals surface area (Å²) in [7, 11) is 3.82. The second-order valence-corrected chi connectivity index (χ2v) is 4.12. The van der Waals surface area contributed by atoms with Crippen LogP contribution in [0.5, 0.6) is 0 Å². The minimum atomic E-state index is -0.316. The van der Waals surface area contributed by atoms with Crippen LogP contribution in [0.25, 0.3) is 0 Å². The predicted molar refractivity (Wildman–Crippen MR) is 66.8 cm³/mol. The fraction of sp³-hybridized carbons (Fsp3) is 0.462. The second-order valence-electron chi connectivity index (χ2n) is 4.12. The highest BCUT2D eigenvalue weighted by Crippen LogP contribution is 2.04. The van der Waals surface area contributed by atoms with Crippen LogP contribution in [0.2, 0.25) is 0 Å². The normalized spacial score (nSPS) is 10.8. The lowest BCUT2D eigenvalue weighted by Crippen LogP contribution is -2.28. The van der Waals surface area contributed by atoms with Gasteiger partial charge in [-0.15, -0.1) is 0 Å². The lowest BCUT2D eigenvalue weighted by Gasteiger charge is -2.15. The van der Waals surface area contributed by atoms with Crippen molar-refractivity contribution in [2.45, 2.75) is 6.42 Å². The number of hydrogen-bond donors (Lipinski definition) is 1. The van der Waals surface area contributed by atoms with Gasteiger partial charge in [-0.1, -0.05) is 0 Å². The fourth-order valence-electron chi connectivity index (χ4n) is 1.58. The van der Waals surface area contributed by atoms with Crippen molar-refractivity contribution in [3.05, 3.63) is 35.6 Å². The molecule has 0 atom stereocenters. The average molecular weight is 238 g/mol. The Morgan fingerprint density at radius 3 is 2.59 bits per heavy atom. The van der Waals surface area contributed by atoms with Crippen molar-refractivity contribution in [3.63, 3.8) is 0 Å². The number of nitrogens with one attached hydrogen (secondary N) is 1. The van der Waals surface area contributed by atoms with E-state index < -0.39 is 0 Å². The number of carbonyl (C=O) groups excluding carboxylic acids is 1. The van der Waals surface area contributed by atoms with Crippen molar-refractivity contribution in [1.82, 2.24) is 10.2 Å². The molecule has 0 fully saturated rings. The van der Waals surface area contributed by atoms with Crippen LogP contribution in [0.15, 0.2) is 24.3 Å². The van der Waals surface area contributed by atoms with Gasteiger partial charge in [0.25, 0.3) is 0 Å². The summed E-state index contributed by atoms with van der Waals surface area (Å²) < 4.78 is 12.7. The van der Waals surface area contributed by atoms with Crippen LogP contribution < -0.4 is 5.32 Å². The molecule has 1 aromatic carbocycles. The number of benzene rings is 1. The van der Waals surface area contributed by atoms with Crippen LogP contribution in [-0.4, -0.2) is 44.4 Å². The molecule has 0 saturated carbocycles. The third-order valence-corrected chi connectivity index (χ3v) is 2.55. The minimum absolute atomic E-state index is 0.0250. The van der Waals surface area contributed by atoms with Gasteiger partial charge < -0.3 is 5.32 Å². The summed E-state index contributed by atoms with van der Waals surface area (Å²) in [6, 6.07) is 5.68. The smallest absolute Gasteiger partial charge is 0.176 e. The molecule has 0 spiro atoms. The maximum absolute atomic E-state index is 12.7. The number of likely N-dealkylation sites (N-methyl/N-ethyl adjacent to an activating group) is 1.